The van der Waals surface area contributed by atoms with Crippen LogP contribution < -0.4 is 0 Å². The van der Waals surface area contributed by atoms with E-state index in [0.717, 1.165) is 10.5 Å². The molecule has 0 aliphatic carbocycles. The van der Waals surface area contributed by atoms with Gasteiger partial charge in [0.25, 0.3) is 5.91 Å². The molecule has 0 N–H and O–H groups in total. The van der Waals surface area contributed by atoms with Gasteiger partial charge in [-0.3, -0.25) is 14.5 Å². The van der Waals surface area contributed by atoms with E-state index in [0.29, 0.717) is 12.0 Å². The molecular formula is C16H18N2O2. The highest BCUT2D eigenvalue weighted by molar-refractivity contribution is 6.12. The van der Waals surface area contributed by atoms with Gasteiger partial charge in [-0.25, -0.2) is 0 Å². The number of nitrogens with zero attached hydrogens (tertiary/aromatic N) is 2. The van der Waals surface area contributed by atoms with Gasteiger partial charge in [0.2, 0.25) is 5.91 Å². The second kappa shape index (κ2) is 4.45. The number of carbonyl (C=O) groups excluding carboxylic acids is 2. The van der Waals surface area contributed by atoms with E-state index in [1.165, 1.54) is 7.05 Å². The van der Waals surface area contributed by atoms with E-state index in [2.05, 4.69) is 6.07 Å². The van der Waals surface area contributed by atoms with Crippen LogP contribution in [0.3, 0.4) is 0 Å². The summed E-state index contributed by atoms with van der Waals surface area (Å²) in [7, 11) is 1.50. The van der Waals surface area contributed by atoms with Crippen molar-refractivity contribution in [2.75, 3.05) is 7.05 Å². The molecule has 2 amide bonds. The lowest BCUT2D eigenvalue weighted by atomic mass is 9.67. The molecule has 1 aromatic carbocycles. The minimum absolute atomic E-state index is 0.246. The third kappa shape index (κ3) is 2.00. The van der Waals surface area contributed by atoms with Crippen LogP contribution in [0, 0.1) is 16.7 Å². The van der Waals surface area contributed by atoms with Gasteiger partial charge in [0.1, 0.15) is 0 Å². The Labute approximate surface area is 119 Å². The van der Waals surface area contributed by atoms with Gasteiger partial charge in [-0.05, 0) is 38.8 Å². The molecule has 4 heteroatoms. The third-order valence-corrected chi connectivity index (χ3v) is 3.93. The second-order valence-corrected chi connectivity index (χ2v) is 6.22. The van der Waals surface area contributed by atoms with E-state index in [4.69, 9.17) is 0 Å². The quantitative estimate of drug-likeness (QED) is 0.776. The fraction of sp³-hybridized carbons (Fsp3) is 0.438. The van der Waals surface area contributed by atoms with Crippen molar-refractivity contribution in [1.82, 2.24) is 4.90 Å². The summed E-state index contributed by atoms with van der Waals surface area (Å²) in [6.45, 7) is 5.44. The topological polar surface area (TPSA) is 61.2 Å². The molecule has 2 rings (SSSR count). The van der Waals surface area contributed by atoms with Gasteiger partial charge in [-0.2, -0.15) is 5.26 Å². The molecule has 0 spiro atoms. The van der Waals surface area contributed by atoms with Gasteiger partial charge in [0.15, 0.2) is 0 Å². The van der Waals surface area contributed by atoms with Crippen LogP contribution in [-0.2, 0) is 10.2 Å². The van der Waals surface area contributed by atoms with Crippen LogP contribution in [0.15, 0.2) is 24.3 Å². The van der Waals surface area contributed by atoms with E-state index >= 15 is 0 Å². The maximum absolute atomic E-state index is 12.6. The number of amides is 2. The van der Waals surface area contributed by atoms with Crippen LogP contribution >= 0.6 is 0 Å². The van der Waals surface area contributed by atoms with Crippen molar-refractivity contribution in [2.45, 2.75) is 32.6 Å². The van der Waals surface area contributed by atoms with Crippen LogP contribution in [0.2, 0.25) is 0 Å². The summed E-state index contributed by atoms with van der Waals surface area (Å²) in [5.41, 5.74) is -0.223. The monoisotopic (exact) mass is 270 g/mol. The van der Waals surface area contributed by atoms with Gasteiger partial charge in [0, 0.05) is 12.6 Å². The summed E-state index contributed by atoms with van der Waals surface area (Å²) in [6, 6.07) is 9.39. The van der Waals surface area contributed by atoms with E-state index < -0.39 is 10.8 Å². The molecule has 0 aromatic heterocycles. The molecule has 1 atom stereocenters. The van der Waals surface area contributed by atoms with Gasteiger partial charge in [-0.15, -0.1) is 0 Å². The molecule has 1 heterocycles. The maximum Gasteiger partial charge on any atom is 0.260 e. The lowest BCUT2D eigenvalue weighted by Gasteiger charge is -2.40. The van der Waals surface area contributed by atoms with Crippen LogP contribution in [0.1, 0.15) is 43.1 Å². The van der Waals surface area contributed by atoms with Gasteiger partial charge in [-0.1, -0.05) is 18.2 Å². The largest absolute Gasteiger partial charge is 0.281 e. The summed E-state index contributed by atoms with van der Waals surface area (Å²) in [6.07, 6.45) is 0.379. The second-order valence-electron chi connectivity index (χ2n) is 6.22. The molecule has 1 unspecified atom stereocenters. The fourth-order valence-corrected chi connectivity index (χ4v) is 3.00. The Kier molecular flexibility index (Phi) is 3.17. The Bertz CT molecular complexity index is 628. The maximum atomic E-state index is 12.6. The molecule has 1 aromatic rings. The first-order valence-corrected chi connectivity index (χ1v) is 6.56. The number of rotatable bonds is 2. The minimum Gasteiger partial charge on any atom is -0.281 e. The highest BCUT2D eigenvalue weighted by Crippen LogP contribution is 2.42. The third-order valence-electron chi connectivity index (χ3n) is 3.93. The first-order valence-electron chi connectivity index (χ1n) is 6.56. The zero-order valence-electron chi connectivity index (χ0n) is 12.2. The standard InChI is InChI=1S/C16H18N2O2/c1-15(2,10-17)9-16(3)12-8-6-5-7-11(12)13(19)18(4)14(16)20/h5-8H,9H2,1-4H3. The summed E-state index contributed by atoms with van der Waals surface area (Å²) >= 11 is 0. The summed E-state index contributed by atoms with van der Waals surface area (Å²) < 4.78 is 0. The predicted octanol–water partition coefficient (Wildman–Crippen LogP) is 2.50. The van der Waals surface area contributed by atoms with E-state index in [-0.39, 0.29) is 11.8 Å². The highest BCUT2D eigenvalue weighted by atomic mass is 16.2. The molecule has 20 heavy (non-hydrogen) atoms. The Morgan fingerprint density at radius 2 is 1.90 bits per heavy atom. The molecule has 1 aliphatic heterocycles. The molecule has 0 radical (unpaired) electrons. The molecule has 0 bridgehead atoms. The lowest BCUT2D eigenvalue weighted by molar-refractivity contribution is -0.134. The molecule has 4 nitrogen and oxygen atoms in total. The Hall–Kier alpha value is -2.15. The van der Waals surface area contributed by atoms with Gasteiger partial charge in [0.05, 0.1) is 16.9 Å². The molecule has 0 saturated heterocycles. The van der Waals surface area contributed by atoms with Crippen molar-refractivity contribution in [3.05, 3.63) is 35.4 Å². The van der Waals surface area contributed by atoms with Crippen LogP contribution in [0.4, 0.5) is 0 Å². The normalized spacial score (nSPS) is 22.4. The van der Waals surface area contributed by atoms with Crippen LogP contribution in [-0.4, -0.2) is 23.8 Å². The Balaban J connectivity index is 2.63. The van der Waals surface area contributed by atoms with Crippen molar-refractivity contribution in [3.8, 4) is 6.07 Å². The minimum atomic E-state index is -0.849. The van der Waals surface area contributed by atoms with Crippen molar-refractivity contribution >= 4 is 11.8 Å². The number of nitriles is 1. The molecule has 0 saturated carbocycles. The Morgan fingerprint density at radius 3 is 2.50 bits per heavy atom. The highest BCUT2D eigenvalue weighted by Gasteiger charge is 2.48. The fourth-order valence-electron chi connectivity index (χ4n) is 3.00. The number of hydrogen-bond acceptors (Lipinski definition) is 3. The Morgan fingerprint density at radius 1 is 1.30 bits per heavy atom. The van der Waals surface area contributed by atoms with Crippen LogP contribution in [0.5, 0.6) is 0 Å². The van der Waals surface area contributed by atoms with Crippen molar-refractivity contribution in [1.29, 1.82) is 5.26 Å². The molecule has 1 aliphatic rings. The average molecular weight is 270 g/mol. The first kappa shape index (κ1) is 14.3. The van der Waals surface area contributed by atoms with Crippen molar-refractivity contribution in [3.63, 3.8) is 0 Å². The summed E-state index contributed by atoms with van der Waals surface area (Å²) in [5.74, 6) is -0.526. The van der Waals surface area contributed by atoms with Gasteiger partial charge >= 0.3 is 0 Å². The van der Waals surface area contributed by atoms with Gasteiger partial charge < -0.3 is 0 Å². The van der Waals surface area contributed by atoms with Crippen molar-refractivity contribution < 1.29 is 9.59 Å². The number of likely N-dealkylation sites (N-methyl/N-ethyl adjacent to an activating group) is 1. The first-order chi connectivity index (χ1) is 9.23. The number of benzene rings is 1. The molecule has 0 fully saturated rings. The lowest BCUT2D eigenvalue weighted by Crippen LogP contribution is -2.52. The van der Waals surface area contributed by atoms with Crippen molar-refractivity contribution in [2.24, 2.45) is 5.41 Å². The number of hydrogen-bond donors (Lipinski definition) is 0. The summed E-state index contributed by atoms with van der Waals surface area (Å²) in [5, 5.41) is 9.25. The molecule has 104 valence electrons. The SMILES string of the molecule is CN1C(=O)c2ccccc2C(C)(CC(C)(C)C#N)C1=O. The van der Waals surface area contributed by atoms with E-state index in [1.54, 1.807) is 12.1 Å². The van der Waals surface area contributed by atoms with Crippen LogP contribution in [0.25, 0.3) is 0 Å². The van der Waals surface area contributed by atoms with E-state index in [9.17, 15) is 14.9 Å². The molecular weight excluding hydrogens is 252 g/mol. The number of imide groups is 1. The number of carbonyl (C=O) groups is 2. The zero-order chi connectivity index (χ0) is 15.1. The van der Waals surface area contributed by atoms with E-state index in [1.807, 2.05) is 32.9 Å². The zero-order valence-corrected chi connectivity index (χ0v) is 12.2. The predicted molar refractivity (Wildman–Crippen MR) is 74.9 cm³/mol. The summed E-state index contributed by atoms with van der Waals surface area (Å²) in [4.78, 5) is 26.0. The average Bonchev–Trinajstić information content (AvgIpc) is 2.43. The number of fused-ring (bicyclic) bond motifs is 1. The smallest absolute Gasteiger partial charge is 0.260 e.